The number of carbonyl (C=O) groups excluding carboxylic acids is 1. The van der Waals surface area contributed by atoms with Crippen molar-refractivity contribution in [3.05, 3.63) is 48.3 Å². The molecule has 2 heterocycles. The van der Waals surface area contributed by atoms with Crippen LogP contribution < -0.4 is 0 Å². The van der Waals surface area contributed by atoms with Crippen LogP contribution in [0.15, 0.2) is 42.6 Å². The smallest absolute Gasteiger partial charge is 0.313 e. The highest BCUT2D eigenvalue weighted by atomic mass is 16.5. The predicted octanol–water partition coefficient (Wildman–Crippen LogP) is 1.83. The van der Waals surface area contributed by atoms with Gasteiger partial charge >= 0.3 is 5.97 Å². The van der Waals surface area contributed by atoms with E-state index in [1.54, 1.807) is 21.8 Å². The molecule has 7 heteroatoms. The summed E-state index contributed by atoms with van der Waals surface area (Å²) in [6.45, 7) is 0.744. The first-order chi connectivity index (χ1) is 12.1. The number of carboxylic acids is 1. The van der Waals surface area contributed by atoms with E-state index in [4.69, 9.17) is 4.74 Å². The molecule has 0 aliphatic carbocycles. The van der Waals surface area contributed by atoms with Crippen LogP contribution in [0.4, 0.5) is 0 Å². The Balaban J connectivity index is 1.79. The molecule has 1 aliphatic heterocycles. The lowest BCUT2D eigenvalue weighted by Crippen LogP contribution is -2.52. The predicted molar refractivity (Wildman–Crippen MR) is 90.6 cm³/mol. The summed E-state index contributed by atoms with van der Waals surface area (Å²) in [7, 11) is 1.48. The van der Waals surface area contributed by atoms with Gasteiger partial charge in [-0.05, 0) is 31.0 Å². The maximum Gasteiger partial charge on any atom is 0.313 e. The van der Waals surface area contributed by atoms with Gasteiger partial charge in [0.15, 0.2) is 5.69 Å². The topological polar surface area (TPSA) is 84.7 Å². The Bertz CT molecular complexity index is 755. The van der Waals surface area contributed by atoms with E-state index in [1.165, 1.54) is 7.11 Å². The fraction of sp³-hybridized carbons (Fsp3) is 0.389. The molecule has 1 aliphatic rings. The van der Waals surface area contributed by atoms with Crippen LogP contribution in [0.25, 0.3) is 5.69 Å². The van der Waals surface area contributed by atoms with E-state index in [-0.39, 0.29) is 19.1 Å². The van der Waals surface area contributed by atoms with Gasteiger partial charge in [0.25, 0.3) is 5.91 Å². The Morgan fingerprint density at radius 2 is 2.04 bits per heavy atom. The van der Waals surface area contributed by atoms with E-state index >= 15 is 0 Å². The molecule has 1 aromatic carbocycles. The van der Waals surface area contributed by atoms with Gasteiger partial charge in [0.2, 0.25) is 0 Å². The summed E-state index contributed by atoms with van der Waals surface area (Å²) in [5.41, 5.74) is 0.118. The lowest BCUT2D eigenvalue weighted by Gasteiger charge is -2.39. The van der Waals surface area contributed by atoms with Gasteiger partial charge in [-0.25, -0.2) is 4.68 Å². The van der Waals surface area contributed by atoms with E-state index < -0.39 is 11.4 Å². The first kappa shape index (κ1) is 17.2. The molecule has 3 rings (SSSR count). The van der Waals surface area contributed by atoms with Gasteiger partial charge in [-0.1, -0.05) is 18.2 Å². The molecule has 1 fully saturated rings. The normalized spacial score (nSPS) is 20.4. The van der Waals surface area contributed by atoms with Crippen molar-refractivity contribution >= 4 is 11.9 Å². The lowest BCUT2D eigenvalue weighted by atomic mass is 9.80. The zero-order valence-electron chi connectivity index (χ0n) is 14.1. The minimum atomic E-state index is -1.05. The second kappa shape index (κ2) is 7.06. The molecule has 2 aromatic rings. The summed E-state index contributed by atoms with van der Waals surface area (Å²) in [4.78, 5) is 26.1. The zero-order chi connectivity index (χ0) is 17.9. The van der Waals surface area contributed by atoms with Crippen LogP contribution in [0.1, 0.15) is 23.3 Å². The fourth-order valence-electron chi connectivity index (χ4n) is 3.26. The molecule has 25 heavy (non-hydrogen) atoms. The van der Waals surface area contributed by atoms with Crippen molar-refractivity contribution in [2.24, 2.45) is 5.41 Å². The first-order valence-corrected chi connectivity index (χ1v) is 8.18. The molecule has 1 aromatic heterocycles. The molecule has 1 amide bonds. The number of carbonyl (C=O) groups is 2. The van der Waals surface area contributed by atoms with Crippen molar-refractivity contribution in [3.8, 4) is 5.69 Å². The van der Waals surface area contributed by atoms with Gasteiger partial charge in [0.1, 0.15) is 5.41 Å². The van der Waals surface area contributed by atoms with Crippen molar-refractivity contribution in [2.45, 2.75) is 12.8 Å². The van der Waals surface area contributed by atoms with Crippen LogP contribution >= 0.6 is 0 Å². The third-order valence-corrected chi connectivity index (χ3v) is 4.57. The third-order valence-electron chi connectivity index (χ3n) is 4.57. The highest BCUT2D eigenvalue weighted by Crippen LogP contribution is 2.31. The average molecular weight is 343 g/mol. The number of piperidine rings is 1. The number of aliphatic carboxylic acids is 1. The van der Waals surface area contributed by atoms with Crippen LogP contribution in [0.5, 0.6) is 0 Å². The van der Waals surface area contributed by atoms with Gasteiger partial charge < -0.3 is 14.7 Å². The van der Waals surface area contributed by atoms with Crippen molar-refractivity contribution in [3.63, 3.8) is 0 Å². The number of likely N-dealkylation sites (tertiary alicyclic amines) is 1. The SMILES string of the molecule is COCC1(C(=O)O)CCCN(C(=O)c2ccn(-c3ccccc3)n2)C1. The van der Waals surface area contributed by atoms with Crippen LogP contribution in [0, 0.1) is 5.41 Å². The molecular weight excluding hydrogens is 322 g/mol. The molecular formula is C18H21N3O4. The number of hydrogen-bond donors (Lipinski definition) is 1. The number of para-hydroxylation sites is 1. The van der Waals surface area contributed by atoms with Gasteiger partial charge in [-0.3, -0.25) is 9.59 Å². The summed E-state index contributed by atoms with van der Waals surface area (Å²) >= 11 is 0. The Labute approximate surface area is 145 Å². The number of nitrogens with zero attached hydrogens (tertiary/aromatic N) is 3. The third kappa shape index (κ3) is 3.41. The van der Waals surface area contributed by atoms with E-state index in [1.807, 2.05) is 30.3 Å². The number of benzene rings is 1. The number of amides is 1. The van der Waals surface area contributed by atoms with Gasteiger partial charge in [-0.15, -0.1) is 0 Å². The van der Waals surface area contributed by atoms with E-state index in [2.05, 4.69) is 5.10 Å². The van der Waals surface area contributed by atoms with Crippen molar-refractivity contribution in [1.82, 2.24) is 14.7 Å². The second-order valence-corrected chi connectivity index (χ2v) is 6.33. The first-order valence-electron chi connectivity index (χ1n) is 8.18. The molecule has 1 N–H and O–H groups in total. The molecule has 7 nitrogen and oxygen atoms in total. The standard InChI is InChI=1S/C18H21N3O4/c1-25-13-18(17(23)24)9-5-10-20(12-18)16(22)15-8-11-21(19-15)14-6-3-2-4-7-14/h2-4,6-8,11H,5,9-10,12-13H2,1H3,(H,23,24). The number of aromatic nitrogens is 2. The fourth-order valence-corrected chi connectivity index (χ4v) is 3.26. The Morgan fingerprint density at radius 3 is 2.72 bits per heavy atom. The number of rotatable bonds is 5. The summed E-state index contributed by atoms with van der Waals surface area (Å²) < 4.78 is 6.74. The molecule has 0 bridgehead atoms. The highest BCUT2D eigenvalue weighted by molar-refractivity contribution is 5.93. The molecule has 1 unspecified atom stereocenters. The van der Waals surface area contributed by atoms with Crippen molar-refractivity contribution < 1.29 is 19.4 Å². The molecule has 1 saturated heterocycles. The lowest BCUT2D eigenvalue weighted by molar-refractivity contribution is -0.155. The number of ether oxygens (including phenoxy) is 1. The summed E-state index contributed by atoms with van der Waals surface area (Å²) in [6, 6.07) is 11.2. The quantitative estimate of drug-likeness (QED) is 0.895. The second-order valence-electron chi connectivity index (χ2n) is 6.33. The van der Waals surface area contributed by atoms with Crippen LogP contribution in [0.3, 0.4) is 0 Å². The largest absolute Gasteiger partial charge is 0.481 e. The molecule has 1 atom stereocenters. The van der Waals surface area contributed by atoms with Gasteiger partial charge in [0, 0.05) is 26.4 Å². The molecule has 0 radical (unpaired) electrons. The highest BCUT2D eigenvalue weighted by Gasteiger charge is 2.44. The minimum absolute atomic E-state index is 0.0879. The number of methoxy groups -OCH3 is 1. The Morgan fingerprint density at radius 1 is 1.28 bits per heavy atom. The maximum absolute atomic E-state index is 12.8. The van der Waals surface area contributed by atoms with Gasteiger partial charge in [-0.2, -0.15) is 5.10 Å². The molecule has 0 spiro atoms. The summed E-state index contributed by atoms with van der Waals surface area (Å²) in [5.74, 6) is -1.18. The summed E-state index contributed by atoms with van der Waals surface area (Å²) in [6.07, 6.45) is 2.85. The molecule has 0 saturated carbocycles. The number of hydrogen-bond acceptors (Lipinski definition) is 4. The van der Waals surface area contributed by atoms with Crippen LogP contribution in [-0.2, 0) is 9.53 Å². The van der Waals surface area contributed by atoms with E-state index in [9.17, 15) is 14.7 Å². The summed E-state index contributed by atoms with van der Waals surface area (Å²) in [5, 5.41) is 13.9. The number of carboxylic acid groups (broad SMARTS) is 1. The van der Waals surface area contributed by atoms with Crippen molar-refractivity contribution in [1.29, 1.82) is 0 Å². The van der Waals surface area contributed by atoms with E-state index in [0.717, 1.165) is 5.69 Å². The maximum atomic E-state index is 12.8. The zero-order valence-corrected chi connectivity index (χ0v) is 14.1. The van der Waals surface area contributed by atoms with E-state index in [0.29, 0.717) is 25.1 Å². The van der Waals surface area contributed by atoms with Gasteiger partial charge in [0.05, 0.1) is 12.3 Å². The average Bonchev–Trinajstić information content (AvgIpc) is 3.12. The molecule has 132 valence electrons. The van der Waals surface area contributed by atoms with Crippen molar-refractivity contribution in [2.75, 3.05) is 26.8 Å². The monoisotopic (exact) mass is 343 g/mol. The Hall–Kier alpha value is -2.67. The minimum Gasteiger partial charge on any atom is -0.481 e. The van der Waals surface area contributed by atoms with Crippen LogP contribution in [-0.4, -0.2) is 58.5 Å². The Kier molecular flexibility index (Phi) is 4.85. The van der Waals surface area contributed by atoms with Crippen LogP contribution in [0.2, 0.25) is 0 Å².